The molecule has 0 aliphatic carbocycles. The highest BCUT2D eigenvalue weighted by atomic mass is 28.3. The van der Waals surface area contributed by atoms with Crippen molar-refractivity contribution in [2.24, 2.45) is 0 Å². The van der Waals surface area contributed by atoms with Gasteiger partial charge in [0, 0.05) is 14.0 Å². The largest absolute Gasteiger partial charge is 0.499 e. The van der Waals surface area contributed by atoms with Crippen LogP contribution in [0, 0.1) is 0 Å². The fourth-order valence-electron chi connectivity index (χ4n) is 0.281. The van der Waals surface area contributed by atoms with E-state index in [1.807, 2.05) is 0 Å². The molecule has 0 spiro atoms. The molecule has 0 saturated carbocycles. The molecule has 0 saturated heterocycles. The molecule has 4 nitrogen and oxygen atoms in total. The van der Waals surface area contributed by atoms with E-state index in [0.717, 1.165) is 0 Å². The SMILES string of the molecule is C.COC(C)O[SiH2]OC(C)=O. The van der Waals surface area contributed by atoms with Crippen LogP contribution in [-0.4, -0.2) is 29.4 Å². The second-order valence-electron chi connectivity index (χ2n) is 1.72. The van der Waals surface area contributed by atoms with Crippen molar-refractivity contribution in [2.45, 2.75) is 27.6 Å². The third kappa shape index (κ3) is 9.61. The molecule has 0 amide bonds. The highest BCUT2D eigenvalue weighted by Gasteiger charge is 1.99. The van der Waals surface area contributed by atoms with Crippen LogP contribution in [0.15, 0.2) is 0 Å². The molecule has 68 valence electrons. The van der Waals surface area contributed by atoms with Crippen LogP contribution in [0.3, 0.4) is 0 Å². The first-order valence-corrected chi connectivity index (χ1v) is 4.10. The van der Waals surface area contributed by atoms with Crippen molar-refractivity contribution in [2.75, 3.05) is 7.11 Å². The van der Waals surface area contributed by atoms with Gasteiger partial charge in [-0.15, -0.1) is 0 Å². The number of rotatable bonds is 4. The zero-order valence-corrected chi connectivity index (χ0v) is 7.83. The minimum Gasteiger partial charge on any atom is -0.499 e. The van der Waals surface area contributed by atoms with Crippen LogP contribution in [0.4, 0.5) is 0 Å². The average Bonchev–Trinajstić information content (AvgIpc) is 1.87. The lowest BCUT2D eigenvalue weighted by Gasteiger charge is -2.09. The van der Waals surface area contributed by atoms with E-state index in [-0.39, 0.29) is 19.7 Å². The third-order valence-corrected chi connectivity index (χ3v) is 2.03. The maximum atomic E-state index is 10.2. The summed E-state index contributed by atoms with van der Waals surface area (Å²) in [6.45, 7) is 3.10. The molecular formula is C6H16O4Si. The van der Waals surface area contributed by atoms with Crippen LogP contribution in [0.2, 0.25) is 0 Å². The first-order valence-electron chi connectivity index (χ1n) is 2.94. The summed E-state index contributed by atoms with van der Waals surface area (Å²) in [4.78, 5) is 10.2. The summed E-state index contributed by atoms with van der Waals surface area (Å²) in [6.07, 6.45) is -0.272. The molecule has 0 aliphatic rings. The molecule has 0 rings (SSSR count). The van der Waals surface area contributed by atoms with Gasteiger partial charge >= 0.3 is 10.0 Å². The summed E-state index contributed by atoms with van der Waals surface area (Å²) in [5.74, 6) is -0.296. The number of carbonyl (C=O) groups is 1. The molecule has 0 aliphatic heterocycles. The van der Waals surface area contributed by atoms with E-state index in [1.165, 1.54) is 14.0 Å². The monoisotopic (exact) mass is 180 g/mol. The lowest BCUT2D eigenvalue weighted by molar-refractivity contribution is -0.134. The summed E-state index contributed by atoms with van der Waals surface area (Å²) >= 11 is 0. The van der Waals surface area contributed by atoms with E-state index in [4.69, 9.17) is 9.16 Å². The van der Waals surface area contributed by atoms with E-state index in [9.17, 15) is 4.79 Å². The number of ether oxygens (including phenoxy) is 1. The van der Waals surface area contributed by atoms with Crippen molar-refractivity contribution in [1.29, 1.82) is 0 Å². The van der Waals surface area contributed by atoms with Crippen molar-refractivity contribution in [3.63, 3.8) is 0 Å². The second kappa shape index (κ2) is 7.71. The Morgan fingerprint density at radius 1 is 1.55 bits per heavy atom. The minimum atomic E-state index is -1.17. The summed E-state index contributed by atoms with van der Waals surface area (Å²) < 4.78 is 14.3. The Kier molecular flexibility index (Phi) is 9.26. The molecule has 1 atom stereocenters. The van der Waals surface area contributed by atoms with Crippen LogP contribution in [0.1, 0.15) is 21.3 Å². The quantitative estimate of drug-likeness (QED) is 0.458. The van der Waals surface area contributed by atoms with E-state index in [1.54, 1.807) is 6.92 Å². The molecule has 0 heterocycles. The summed E-state index contributed by atoms with van der Waals surface area (Å²) in [5.41, 5.74) is 0. The molecule has 0 aromatic carbocycles. The topological polar surface area (TPSA) is 44.8 Å². The van der Waals surface area contributed by atoms with Crippen LogP contribution >= 0.6 is 0 Å². The van der Waals surface area contributed by atoms with Crippen LogP contribution in [0.25, 0.3) is 0 Å². The predicted octanol–water partition coefficient (Wildman–Crippen LogP) is 0.193. The number of hydrogen-bond donors (Lipinski definition) is 0. The lowest BCUT2D eigenvalue weighted by Crippen LogP contribution is -2.17. The number of hydrogen-bond acceptors (Lipinski definition) is 4. The van der Waals surface area contributed by atoms with Gasteiger partial charge in [-0.05, 0) is 6.92 Å². The fourth-order valence-corrected chi connectivity index (χ4v) is 0.843. The van der Waals surface area contributed by atoms with Gasteiger partial charge in [0.1, 0.15) is 6.29 Å². The Labute approximate surface area is 69.9 Å². The smallest absolute Gasteiger partial charge is 0.370 e. The minimum absolute atomic E-state index is 0. The third-order valence-electron chi connectivity index (χ3n) is 0.897. The van der Waals surface area contributed by atoms with Crippen molar-refractivity contribution >= 4 is 16.0 Å². The zero-order chi connectivity index (χ0) is 7.98. The molecule has 1 unspecified atom stereocenters. The molecule has 0 radical (unpaired) electrons. The highest BCUT2D eigenvalue weighted by molar-refractivity contribution is 6.22. The molecule has 0 aromatic rings. The molecule has 5 heteroatoms. The first-order chi connectivity index (χ1) is 4.66. The Balaban J connectivity index is 0. The van der Waals surface area contributed by atoms with E-state index < -0.39 is 10.0 Å². The van der Waals surface area contributed by atoms with Crippen LogP contribution < -0.4 is 0 Å². The van der Waals surface area contributed by atoms with Crippen LogP contribution in [-0.2, 0) is 18.4 Å². The maximum Gasteiger partial charge on any atom is 0.370 e. The standard InChI is InChI=1S/C5H12O4Si.CH4/c1-4(6)8-10-9-5(2)7-3;/h5H,10H2,1-3H3;1H4. The van der Waals surface area contributed by atoms with Crippen molar-refractivity contribution in [1.82, 2.24) is 0 Å². The van der Waals surface area contributed by atoms with Gasteiger partial charge in [-0.1, -0.05) is 7.43 Å². The van der Waals surface area contributed by atoms with Gasteiger partial charge in [0.05, 0.1) is 0 Å². The molecule has 0 aromatic heterocycles. The van der Waals surface area contributed by atoms with Gasteiger partial charge < -0.3 is 13.6 Å². The van der Waals surface area contributed by atoms with Gasteiger partial charge in [0.15, 0.2) is 0 Å². The molecular weight excluding hydrogens is 164 g/mol. The Hall–Kier alpha value is -0.393. The Bertz CT molecular complexity index is 107. The maximum absolute atomic E-state index is 10.2. The summed E-state index contributed by atoms with van der Waals surface area (Å²) in [6, 6.07) is 0. The van der Waals surface area contributed by atoms with E-state index in [0.29, 0.717) is 0 Å². The lowest BCUT2D eigenvalue weighted by atomic mass is 10.8. The summed E-state index contributed by atoms with van der Waals surface area (Å²) in [7, 11) is 0.365. The van der Waals surface area contributed by atoms with Gasteiger partial charge in [0.2, 0.25) is 0 Å². The molecule has 0 N–H and O–H groups in total. The van der Waals surface area contributed by atoms with Gasteiger partial charge in [-0.3, -0.25) is 4.79 Å². The zero-order valence-electron chi connectivity index (χ0n) is 6.42. The Morgan fingerprint density at radius 3 is 2.45 bits per heavy atom. The average molecular weight is 180 g/mol. The van der Waals surface area contributed by atoms with Gasteiger partial charge in [-0.2, -0.15) is 0 Å². The second-order valence-corrected chi connectivity index (χ2v) is 2.58. The highest BCUT2D eigenvalue weighted by Crippen LogP contribution is 1.88. The van der Waals surface area contributed by atoms with Crippen molar-refractivity contribution < 1.29 is 18.4 Å². The molecule has 11 heavy (non-hydrogen) atoms. The van der Waals surface area contributed by atoms with Gasteiger partial charge in [-0.25, -0.2) is 0 Å². The fraction of sp³-hybridized carbons (Fsp3) is 0.833. The van der Waals surface area contributed by atoms with Gasteiger partial charge in [0.25, 0.3) is 5.97 Å². The Morgan fingerprint density at radius 2 is 2.09 bits per heavy atom. The molecule has 0 bridgehead atoms. The van der Waals surface area contributed by atoms with Crippen LogP contribution in [0.5, 0.6) is 0 Å². The first kappa shape index (κ1) is 13.2. The van der Waals surface area contributed by atoms with Crippen molar-refractivity contribution in [3.05, 3.63) is 0 Å². The summed E-state index contributed by atoms with van der Waals surface area (Å²) in [5, 5.41) is 0. The van der Waals surface area contributed by atoms with E-state index >= 15 is 0 Å². The molecule has 0 fully saturated rings. The number of methoxy groups -OCH3 is 1. The predicted molar refractivity (Wildman–Crippen MR) is 44.6 cm³/mol. The number of carbonyl (C=O) groups excluding carboxylic acids is 1. The van der Waals surface area contributed by atoms with E-state index in [2.05, 4.69) is 4.43 Å². The normalized spacial score (nSPS) is 12.6. The van der Waals surface area contributed by atoms with Crippen molar-refractivity contribution in [3.8, 4) is 0 Å².